The Balaban J connectivity index is 2.36. The third-order valence-electron chi connectivity index (χ3n) is 2.91. The van der Waals surface area contributed by atoms with E-state index in [1.165, 1.54) is 4.68 Å². The van der Waals surface area contributed by atoms with Crippen LogP contribution in [-0.4, -0.2) is 15.7 Å². The molecule has 1 aromatic heterocycles. The second kappa shape index (κ2) is 5.97. The first kappa shape index (κ1) is 15.1. The molecule has 0 fully saturated rings. The van der Waals surface area contributed by atoms with Crippen molar-refractivity contribution in [2.75, 3.05) is 11.1 Å². The molecular weight excluding hydrogens is 388 g/mol. The molecule has 0 aliphatic carbocycles. The van der Waals surface area contributed by atoms with E-state index < -0.39 is 0 Å². The van der Waals surface area contributed by atoms with Gasteiger partial charge in [-0.05, 0) is 50.4 Å². The Morgan fingerprint density at radius 1 is 1.40 bits per heavy atom. The number of hydrogen-bond donors (Lipinski definition) is 2. The summed E-state index contributed by atoms with van der Waals surface area (Å²) in [5.74, 6) is -0.287. The lowest BCUT2D eigenvalue weighted by Crippen LogP contribution is -2.18. The van der Waals surface area contributed by atoms with Gasteiger partial charge in [-0.15, -0.1) is 0 Å². The summed E-state index contributed by atoms with van der Waals surface area (Å²) in [6.45, 7) is 1.95. The zero-order chi connectivity index (χ0) is 14.9. The molecule has 5 nitrogen and oxygen atoms in total. The molecule has 2 aromatic rings. The van der Waals surface area contributed by atoms with Crippen LogP contribution in [0.15, 0.2) is 27.1 Å². The molecule has 0 spiro atoms. The normalized spacial score (nSPS) is 10.6. The molecule has 2 rings (SSSR count). The number of aryl methyl sites for hydroxylation is 2. The van der Waals surface area contributed by atoms with E-state index in [1.54, 1.807) is 7.05 Å². The molecule has 0 atom stereocenters. The van der Waals surface area contributed by atoms with Gasteiger partial charge in [-0.1, -0.05) is 13.0 Å². The number of carbonyl (C=O) groups excluding carboxylic acids is 1. The quantitative estimate of drug-likeness (QED) is 0.828. The van der Waals surface area contributed by atoms with Gasteiger partial charge in [0.25, 0.3) is 5.91 Å². The summed E-state index contributed by atoms with van der Waals surface area (Å²) in [6.07, 6.45) is 0.686. The Bertz CT molecular complexity index is 646. The number of nitrogens with zero attached hydrogens (tertiary/aromatic N) is 2. The average molecular weight is 402 g/mol. The zero-order valence-electron chi connectivity index (χ0n) is 11.1. The molecule has 1 amide bonds. The van der Waals surface area contributed by atoms with Crippen LogP contribution < -0.4 is 11.1 Å². The van der Waals surface area contributed by atoms with Crippen molar-refractivity contribution in [2.24, 2.45) is 7.05 Å². The van der Waals surface area contributed by atoms with E-state index in [0.717, 1.165) is 14.6 Å². The van der Waals surface area contributed by atoms with Gasteiger partial charge >= 0.3 is 0 Å². The number of nitrogens with one attached hydrogen (secondary N) is 1. The van der Waals surface area contributed by atoms with Crippen molar-refractivity contribution in [1.82, 2.24) is 9.78 Å². The molecule has 0 radical (unpaired) electrons. The number of nitrogen functional groups attached to an aromatic ring is 1. The molecule has 3 N–H and O–H groups in total. The monoisotopic (exact) mass is 400 g/mol. The van der Waals surface area contributed by atoms with Crippen LogP contribution >= 0.6 is 31.9 Å². The molecule has 106 valence electrons. The van der Waals surface area contributed by atoms with Crippen LogP contribution in [0.25, 0.3) is 0 Å². The third-order valence-corrected chi connectivity index (χ3v) is 4.23. The lowest BCUT2D eigenvalue weighted by atomic mass is 10.2. The summed E-state index contributed by atoms with van der Waals surface area (Å²) in [4.78, 5) is 12.4. The number of para-hydroxylation sites is 1. The Morgan fingerprint density at radius 3 is 2.50 bits per heavy atom. The van der Waals surface area contributed by atoms with Gasteiger partial charge in [-0.3, -0.25) is 9.48 Å². The van der Waals surface area contributed by atoms with Gasteiger partial charge in [-0.2, -0.15) is 5.10 Å². The smallest absolute Gasteiger partial charge is 0.276 e. The SMILES string of the molecule is CCc1nn(C)c(C(=O)Nc2c(Br)cccc2Br)c1N. The van der Waals surface area contributed by atoms with Gasteiger partial charge in [0.1, 0.15) is 5.69 Å². The van der Waals surface area contributed by atoms with Crippen LogP contribution in [0.1, 0.15) is 23.1 Å². The van der Waals surface area contributed by atoms with E-state index in [9.17, 15) is 4.79 Å². The highest BCUT2D eigenvalue weighted by atomic mass is 79.9. The summed E-state index contributed by atoms with van der Waals surface area (Å²) >= 11 is 6.81. The maximum absolute atomic E-state index is 12.4. The zero-order valence-corrected chi connectivity index (χ0v) is 14.2. The fourth-order valence-electron chi connectivity index (χ4n) is 1.92. The van der Waals surface area contributed by atoms with Crippen molar-refractivity contribution in [3.63, 3.8) is 0 Å². The van der Waals surface area contributed by atoms with E-state index in [2.05, 4.69) is 42.3 Å². The second-order valence-electron chi connectivity index (χ2n) is 4.24. The minimum absolute atomic E-state index is 0.287. The van der Waals surface area contributed by atoms with Crippen LogP contribution in [0.4, 0.5) is 11.4 Å². The van der Waals surface area contributed by atoms with Gasteiger partial charge in [0.15, 0.2) is 0 Å². The number of aromatic nitrogens is 2. The molecule has 0 saturated heterocycles. The second-order valence-corrected chi connectivity index (χ2v) is 5.95. The van der Waals surface area contributed by atoms with Crippen LogP contribution in [0.3, 0.4) is 0 Å². The highest BCUT2D eigenvalue weighted by Gasteiger charge is 2.20. The molecule has 0 unspecified atom stereocenters. The Morgan fingerprint density at radius 2 is 2.00 bits per heavy atom. The molecule has 20 heavy (non-hydrogen) atoms. The van der Waals surface area contributed by atoms with Crippen molar-refractivity contribution in [1.29, 1.82) is 0 Å². The van der Waals surface area contributed by atoms with Crippen molar-refractivity contribution in [2.45, 2.75) is 13.3 Å². The predicted octanol–water partition coefficient (Wildman–Crippen LogP) is 3.34. The summed E-state index contributed by atoms with van der Waals surface area (Å²) in [6, 6.07) is 5.58. The number of hydrogen-bond acceptors (Lipinski definition) is 3. The highest BCUT2D eigenvalue weighted by Crippen LogP contribution is 2.31. The first-order valence-corrected chi connectivity index (χ1v) is 7.61. The van der Waals surface area contributed by atoms with Gasteiger partial charge in [0, 0.05) is 16.0 Å². The minimum Gasteiger partial charge on any atom is -0.395 e. The molecule has 0 aliphatic heterocycles. The van der Waals surface area contributed by atoms with Crippen LogP contribution in [0.5, 0.6) is 0 Å². The molecule has 0 aliphatic rings. The van der Waals surface area contributed by atoms with Crippen molar-refractivity contribution in [3.05, 3.63) is 38.5 Å². The van der Waals surface area contributed by atoms with Crippen molar-refractivity contribution < 1.29 is 4.79 Å². The van der Waals surface area contributed by atoms with Gasteiger partial charge in [0.05, 0.1) is 17.1 Å². The topological polar surface area (TPSA) is 72.9 Å². The number of anilines is 2. The van der Waals surface area contributed by atoms with Gasteiger partial charge in [-0.25, -0.2) is 0 Å². The summed E-state index contributed by atoms with van der Waals surface area (Å²) in [5, 5.41) is 7.08. The number of benzene rings is 1. The van der Waals surface area contributed by atoms with Crippen LogP contribution in [0, 0.1) is 0 Å². The Labute approximate surface area is 133 Å². The molecule has 0 bridgehead atoms. The van der Waals surface area contributed by atoms with Crippen LogP contribution in [-0.2, 0) is 13.5 Å². The number of rotatable bonds is 3. The standard InChI is InChI=1S/C13H14Br2N4O/c1-3-9-10(16)12(19(2)18-9)13(20)17-11-7(14)5-4-6-8(11)15/h4-6H,3,16H2,1-2H3,(H,17,20). The fraction of sp³-hybridized carbons (Fsp3) is 0.231. The molecule has 1 heterocycles. The molecule has 7 heteroatoms. The number of nitrogens with two attached hydrogens (primary N) is 1. The Kier molecular flexibility index (Phi) is 4.49. The van der Waals surface area contributed by atoms with E-state index >= 15 is 0 Å². The summed E-state index contributed by atoms with van der Waals surface area (Å²) in [7, 11) is 1.71. The lowest BCUT2D eigenvalue weighted by Gasteiger charge is -2.10. The Hall–Kier alpha value is -1.34. The lowest BCUT2D eigenvalue weighted by molar-refractivity contribution is 0.101. The minimum atomic E-state index is -0.287. The molecule has 1 aromatic carbocycles. The maximum atomic E-state index is 12.4. The number of amides is 1. The first-order valence-electron chi connectivity index (χ1n) is 6.02. The fourth-order valence-corrected chi connectivity index (χ4v) is 3.11. The van der Waals surface area contributed by atoms with E-state index in [-0.39, 0.29) is 5.91 Å². The van der Waals surface area contributed by atoms with Crippen LogP contribution in [0.2, 0.25) is 0 Å². The average Bonchev–Trinajstić information content (AvgIpc) is 2.68. The van der Waals surface area contributed by atoms with E-state index in [4.69, 9.17) is 5.73 Å². The summed E-state index contributed by atoms with van der Waals surface area (Å²) < 4.78 is 3.09. The largest absolute Gasteiger partial charge is 0.395 e. The number of carbonyl (C=O) groups is 1. The number of halogens is 2. The maximum Gasteiger partial charge on any atom is 0.276 e. The predicted molar refractivity (Wildman–Crippen MR) is 86.8 cm³/mol. The van der Waals surface area contributed by atoms with E-state index in [1.807, 2.05) is 25.1 Å². The van der Waals surface area contributed by atoms with Gasteiger partial charge < -0.3 is 11.1 Å². The third kappa shape index (κ3) is 2.73. The van der Waals surface area contributed by atoms with Gasteiger partial charge in [0.2, 0.25) is 0 Å². The first-order chi connectivity index (χ1) is 9.45. The van der Waals surface area contributed by atoms with E-state index in [0.29, 0.717) is 23.5 Å². The summed E-state index contributed by atoms with van der Waals surface area (Å²) in [5.41, 5.74) is 8.16. The van der Waals surface area contributed by atoms with Crippen molar-refractivity contribution in [3.8, 4) is 0 Å². The highest BCUT2D eigenvalue weighted by molar-refractivity contribution is 9.11. The molecule has 0 saturated carbocycles. The van der Waals surface area contributed by atoms with Crippen molar-refractivity contribution >= 4 is 49.1 Å². The molecular formula is C13H14Br2N4O.